The van der Waals surface area contributed by atoms with Crippen molar-refractivity contribution in [3.8, 4) is 0 Å². The fourth-order valence-electron chi connectivity index (χ4n) is 3.41. The zero-order chi connectivity index (χ0) is 19.0. The molecule has 4 heterocycles. The van der Waals surface area contributed by atoms with Crippen LogP contribution in [-0.4, -0.2) is 38.7 Å². The van der Waals surface area contributed by atoms with Crippen molar-refractivity contribution >= 4 is 28.9 Å². The number of fused-ring (bicyclic) bond motifs is 1. The molecule has 144 valence electrons. The molecule has 0 atom stereocenters. The molecule has 0 unspecified atom stereocenters. The average molecular weight is 386 g/mol. The minimum atomic E-state index is 0.283. The van der Waals surface area contributed by atoms with Crippen LogP contribution in [-0.2, 0) is 6.54 Å². The van der Waals surface area contributed by atoms with Gasteiger partial charge in [0.25, 0.3) is 0 Å². The standard InChI is InChI=1S/C19H27N7S/c1-12(2)16-11-22-26-17(16)23-19(25-7-4-15(20)5-8-25)24-18(26)21-10-14-6-9-27-13(14)3/h6,9,11-12,15H,4-5,7-8,10,20H2,1-3H3,(H,21,23,24). The topological polar surface area (TPSA) is 84.4 Å². The molecular weight excluding hydrogens is 358 g/mol. The van der Waals surface area contributed by atoms with E-state index >= 15 is 0 Å². The fraction of sp³-hybridized carbons (Fsp3) is 0.526. The highest BCUT2D eigenvalue weighted by atomic mass is 32.1. The van der Waals surface area contributed by atoms with Crippen LogP contribution in [0.1, 0.15) is 48.6 Å². The summed E-state index contributed by atoms with van der Waals surface area (Å²) in [6.45, 7) is 8.99. The van der Waals surface area contributed by atoms with Gasteiger partial charge in [-0.3, -0.25) is 0 Å². The number of hydrogen-bond donors (Lipinski definition) is 2. The van der Waals surface area contributed by atoms with Crippen molar-refractivity contribution in [3.63, 3.8) is 0 Å². The van der Waals surface area contributed by atoms with Crippen LogP contribution in [0.2, 0.25) is 0 Å². The molecule has 0 bridgehead atoms. The number of thiophene rings is 1. The molecule has 0 radical (unpaired) electrons. The monoisotopic (exact) mass is 385 g/mol. The largest absolute Gasteiger partial charge is 0.350 e. The van der Waals surface area contributed by atoms with E-state index in [4.69, 9.17) is 15.7 Å². The third kappa shape index (κ3) is 3.64. The van der Waals surface area contributed by atoms with Crippen LogP contribution in [0.4, 0.5) is 11.9 Å². The van der Waals surface area contributed by atoms with Crippen LogP contribution in [0.3, 0.4) is 0 Å². The van der Waals surface area contributed by atoms with Crippen molar-refractivity contribution in [1.29, 1.82) is 0 Å². The van der Waals surface area contributed by atoms with E-state index < -0.39 is 0 Å². The van der Waals surface area contributed by atoms with Gasteiger partial charge in [0, 0.05) is 36.1 Å². The van der Waals surface area contributed by atoms with E-state index in [-0.39, 0.29) is 6.04 Å². The van der Waals surface area contributed by atoms with E-state index in [1.807, 2.05) is 10.7 Å². The lowest BCUT2D eigenvalue weighted by Crippen LogP contribution is -2.40. The van der Waals surface area contributed by atoms with Gasteiger partial charge in [-0.15, -0.1) is 11.3 Å². The number of anilines is 2. The lowest BCUT2D eigenvalue weighted by atomic mass is 10.1. The number of nitrogens with one attached hydrogen (secondary N) is 1. The second kappa shape index (κ2) is 7.44. The Labute approximate surface area is 163 Å². The third-order valence-corrected chi connectivity index (χ3v) is 6.12. The Bertz CT molecular complexity index is 921. The van der Waals surface area contributed by atoms with Crippen molar-refractivity contribution in [2.45, 2.75) is 52.1 Å². The highest BCUT2D eigenvalue weighted by molar-refractivity contribution is 7.10. The predicted molar refractivity (Wildman–Crippen MR) is 111 cm³/mol. The van der Waals surface area contributed by atoms with Gasteiger partial charge >= 0.3 is 0 Å². The Kier molecular flexibility index (Phi) is 5.01. The summed E-state index contributed by atoms with van der Waals surface area (Å²) in [4.78, 5) is 13.2. The fourth-order valence-corrected chi connectivity index (χ4v) is 4.14. The lowest BCUT2D eigenvalue weighted by molar-refractivity contribution is 0.495. The van der Waals surface area contributed by atoms with Crippen LogP contribution in [0.25, 0.3) is 5.65 Å². The van der Waals surface area contributed by atoms with Crippen molar-refractivity contribution in [2.24, 2.45) is 5.73 Å². The Hall–Kier alpha value is -2.19. The van der Waals surface area contributed by atoms with Crippen molar-refractivity contribution in [1.82, 2.24) is 19.6 Å². The molecule has 1 aliphatic heterocycles. The molecule has 27 heavy (non-hydrogen) atoms. The maximum Gasteiger partial charge on any atom is 0.230 e. The first-order valence-corrected chi connectivity index (χ1v) is 10.4. The first-order chi connectivity index (χ1) is 13.0. The number of piperidine rings is 1. The third-order valence-electron chi connectivity index (χ3n) is 5.23. The summed E-state index contributed by atoms with van der Waals surface area (Å²) in [7, 11) is 0. The smallest absolute Gasteiger partial charge is 0.230 e. The van der Waals surface area contributed by atoms with E-state index in [1.165, 1.54) is 10.4 Å². The van der Waals surface area contributed by atoms with Gasteiger partial charge in [-0.25, -0.2) is 0 Å². The zero-order valence-corrected chi connectivity index (χ0v) is 17.0. The van der Waals surface area contributed by atoms with E-state index in [2.05, 4.69) is 47.5 Å². The molecule has 3 N–H and O–H groups in total. The molecule has 3 aromatic rings. The number of hydrogen-bond acceptors (Lipinski definition) is 7. The van der Waals surface area contributed by atoms with Crippen molar-refractivity contribution < 1.29 is 0 Å². The van der Waals surface area contributed by atoms with Gasteiger partial charge in [-0.05, 0) is 42.7 Å². The molecule has 0 saturated carbocycles. The second-order valence-electron chi connectivity index (χ2n) is 7.52. The number of aromatic nitrogens is 4. The second-order valence-corrected chi connectivity index (χ2v) is 8.64. The number of rotatable bonds is 5. The molecule has 1 saturated heterocycles. The predicted octanol–water partition coefficient (Wildman–Crippen LogP) is 3.16. The molecule has 0 amide bonds. The lowest BCUT2D eigenvalue weighted by Gasteiger charge is -2.30. The van der Waals surface area contributed by atoms with Crippen molar-refractivity contribution in [2.75, 3.05) is 23.3 Å². The van der Waals surface area contributed by atoms with Gasteiger partial charge in [-0.2, -0.15) is 19.6 Å². The summed E-state index contributed by atoms with van der Waals surface area (Å²) in [5.74, 6) is 1.86. The quantitative estimate of drug-likeness (QED) is 0.702. The average Bonchev–Trinajstić information content (AvgIpc) is 3.26. The summed E-state index contributed by atoms with van der Waals surface area (Å²) in [6.07, 6.45) is 3.86. The van der Waals surface area contributed by atoms with Crippen molar-refractivity contribution in [3.05, 3.63) is 33.6 Å². The van der Waals surface area contributed by atoms with Crippen LogP contribution in [0, 0.1) is 6.92 Å². The molecule has 0 aliphatic carbocycles. The van der Waals surface area contributed by atoms with E-state index in [9.17, 15) is 0 Å². The number of nitrogens with two attached hydrogens (primary N) is 1. The first kappa shape index (κ1) is 18.2. The zero-order valence-electron chi connectivity index (χ0n) is 16.1. The maximum atomic E-state index is 6.07. The van der Waals surface area contributed by atoms with E-state index in [1.54, 1.807) is 11.3 Å². The van der Waals surface area contributed by atoms with Crippen LogP contribution >= 0.6 is 11.3 Å². The van der Waals surface area contributed by atoms with Gasteiger partial charge in [0.1, 0.15) is 0 Å². The molecule has 1 aliphatic rings. The maximum absolute atomic E-state index is 6.07. The summed E-state index contributed by atoms with van der Waals surface area (Å²) in [6, 6.07) is 2.44. The van der Waals surface area contributed by atoms with Gasteiger partial charge in [0.2, 0.25) is 11.9 Å². The summed E-state index contributed by atoms with van der Waals surface area (Å²) < 4.78 is 1.83. The SMILES string of the molecule is Cc1sccc1CNc1nc(N2CCC(N)CC2)nc2c(C(C)C)cnn12. The summed E-state index contributed by atoms with van der Waals surface area (Å²) in [5.41, 5.74) is 9.38. The Morgan fingerprint density at radius 1 is 1.30 bits per heavy atom. The Balaban J connectivity index is 1.70. The van der Waals surface area contributed by atoms with E-state index in [0.717, 1.165) is 55.6 Å². The Morgan fingerprint density at radius 3 is 2.74 bits per heavy atom. The normalized spacial score (nSPS) is 15.8. The number of aryl methyl sites for hydroxylation is 1. The van der Waals surface area contributed by atoms with Crippen LogP contribution < -0.4 is 16.0 Å². The van der Waals surface area contributed by atoms with Gasteiger partial charge in [-0.1, -0.05) is 13.8 Å². The molecule has 0 spiro atoms. The first-order valence-electron chi connectivity index (χ1n) is 9.56. The Morgan fingerprint density at radius 2 is 2.07 bits per heavy atom. The summed E-state index contributed by atoms with van der Waals surface area (Å²) >= 11 is 1.76. The molecule has 7 nitrogen and oxygen atoms in total. The highest BCUT2D eigenvalue weighted by Gasteiger charge is 2.22. The minimum Gasteiger partial charge on any atom is -0.350 e. The molecule has 3 aromatic heterocycles. The molecular formula is C19H27N7S. The molecule has 0 aromatic carbocycles. The molecule has 8 heteroatoms. The van der Waals surface area contributed by atoms with Gasteiger partial charge in [0.05, 0.1) is 6.20 Å². The van der Waals surface area contributed by atoms with Gasteiger partial charge in [0.15, 0.2) is 5.65 Å². The van der Waals surface area contributed by atoms with Gasteiger partial charge < -0.3 is 16.0 Å². The molecule has 1 fully saturated rings. The van der Waals surface area contributed by atoms with Crippen LogP contribution in [0.5, 0.6) is 0 Å². The highest BCUT2D eigenvalue weighted by Crippen LogP contribution is 2.25. The van der Waals surface area contributed by atoms with E-state index in [0.29, 0.717) is 5.92 Å². The summed E-state index contributed by atoms with van der Waals surface area (Å²) in [5, 5.41) is 10.1. The number of nitrogens with zero attached hydrogens (tertiary/aromatic N) is 5. The van der Waals surface area contributed by atoms with Crippen LogP contribution in [0.15, 0.2) is 17.6 Å². The minimum absolute atomic E-state index is 0.283. The molecule has 4 rings (SSSR count).